The molecule has 6 nitrogen and oxygen atoms in total. The van der Waals surface area contributed by atoms with E-state index in [0.717, 1.165) is 5.56 Å². The minimum atomic E-state index is -0.837. The zero-order chi connectivity index (χ0) is 28.4. The number of esters is 1. The summed E-state index contributed by atoms with van der Waals surface area (Å²) in [7, 11) is 0. The van der Waals surface area contributed by atoms with Crippen molar-refractivity contribution >= 4 is 46.6 Å². The number of fused-ring (bicyclic) bond motifs is 1. The lowest BCUT2D eigenvalue weighted by atomic mass is 9.96. The zero-order valence-corrected chi connectivity index (χ0v) is 23.8. The molecule has 0 amide bonds. The summed E-state index contributed by atoms with van der Waals surface area (Å²) in [6.45, 7) is 3.81. The highest BCUT2D eigenvalue weighted by atomic mass is 35.5. The molecule has 1 aliphatic rings. The third-order valence-electron chi connectivity index (χ3n) is 6.24. The summed E-state index contributed by atoms with van der Waals surface area (Å²) in [5.74, 6) is -0.492. The summed E-state index contributed by atoms with van der Waals surface area (Å²) in [5, 5.41) is 1.07. The quantitative estimate of drug-likeness (QED) is 0.252. The maximum atomic E-state index is 13.9. The van der Waals surface area contributed by atoms with Crippen LogP contribution < -0.4 is 19.6 Å². The Balaban J connectivity index is 1.62. The Morgan fingerprint density at radius 1 is 1.10 bits per heavy atom. The molecule has 40 heavy (non-hydrogen) atoms. The van der Waals surface area contributed by atoms with Gasteiger partial charge in [0.25, 0.3) is 5.56 Å². The highest BCUT2D eigenvalue weighted by Gasteiger charge is 2.33. The van der Waals surface area contributed by atoms with Gasteiger partial charge in [-0.2, -0.15) is 0 Å². The van der Waals surface area contributed by atoms with Gasteiger partial charge in [0.1, 0.15) is 18.2 Å². The summed E-state index contributed by atoms with van der Waals surface area (Å²) >= 11 is 13.6. The van der Waals surface area contributed by atoms with E-state index in [4.69, 9.17) is 32.7 Å². The van der Waals surface area contributed by atoms with Crippen LogP contribution >= 0.6 is 34.5 Å². The van der Waals surface area contributed by atoms with Gasteiger partial charge in [-0.05, 0) is 73.5 Å². The van der Waals surface area contributed by atoms with Gasteiger partial charge in [0.2, 0.25) is 0 Å². The van der Waals surface area contributed by atoms with Crippen LogP contribution in [0.4, 0.5) is 4.39 Å². The van der Waals surface area contributed by atoms with Crippen molar-refractivity contribution in [2.45, 2.75) is 26.5 Å². The van der Waals surface area contributed by atoms with Gasteiger partial charge >= 0.3 is 5.97 Å². The van der Waals surface area contributed by atoms with Gasteiger partial charge in [0, 0.05) is 15.6 Å². The topological polar surface area (TPSA) is 69.9 Å². The van der Waals surface area contributed by atoms with E-state index < -0.39 is 17.8 Å². The monoisotopic (exact) mass is 596 g/mol. The minimum Gasteiger partial charge on any atom is -0.488 e. The first-order valence-electron chi connectivity index (χ1n) is 12.4. The third-order valence-corrected chi connectivity index (χ3v) is 7.70. The molecular weight excluding hydrogens is 574 g/mol. The van der Waals surface area contributed by atoms with Gasteiger partial charge in [-0.3, -0.25) is 9.36 Å². The number of carbonyl (C=O) groups is 1. The average molecular weight is 597 g/mol. The molecule has 0 radical (unpaired) electrons. The lowest BCUT2D eigenvalue weighted by molar-refractivity contribution is -0.139. The molecule has 2 heterocycles. The van der Waals surface area contributed by atoms with Crippen LogP contribution in [-0.2, 0) is 16.1 Å². The van der Waals surface area contributed by atoms with E-state index in [1.54, 1.807) is 56.3 Å². The number of allylic oxidation sites excluding steroid dienone is 1. The molecular formula is C30H23Cl2FN2O4S. The molecule has 4 aromatic rings. The molecule has 0 spiro atoms. The van der Waals surface area contributed by atoms with Gasteiger partial charge < -0.3 is 9.47 Å². The normalized spacial score (nSPS) is 15.0. The standard InChI is InChI=1S/C30H23Cl2FN2O4S/c1-3-38-29(37)26-17(2)34-30-35(27(26)19-7-10-23(33)11-8-19)28(36)25(40-30)15-20-14-22(32)9-12-24(20)39-16-18-5-4-6-21(31)13-18/h4-15,27H,3,16H2,1-2H3/b25-15-/t27-/m1/s1. The number of carbonyl (C=O) groups excluding carboxylic acids is 1. The number of nitrogens with zero attached hydrogens (tertiary/aromatic N) is 2. The van der Waals surface area contributed by atoms with Crippen molar-refractivity contribution < 1.29 is 18.7 Å². The minimum absolute atomic E-state index is 0.156. The molecule has 0 bridgehead atoms. The molecule has 3 aromatic carbocycles. The number of rotatable bonds is 7. The molecule has 0 saturated heterocycles. The van der Waals surface area contributed by atoms with Gasteiger partial charge in [0.05, 0.1) is 28.5 Å². The molecule has 0 saturated carbocycles. The second kappa shape index (κ2) is 11.8. The van der Waals surface area contributed by atoms with Crippen molar-refractivity contribution in [2.24, 2.45) is 4.99 Å². The van der Waals surface area contributed by atoms with Gasteiger partial charge in [0.15, 0.2) is 4.80 Å². The van der Waals surface area contributed by atoms with Crippen LogP contribution in [0.3, 0.4) is 0 Å². The van der Waals surface area contributed by atoms with Crippen LogP contribution in [0, 0.1) is 5.82 Å². The van der Waals surface area contributed by atoms with E-state index in [2.05, 4.69) is 4.99 Å². The number of benzene rings is 3. The molecule has 10 heteroatoms. The van der Waals surface area contributed by atoms with Gasteiger partial charge in [-0.25, -0.2) is 14.2 Å². The number of aromatic nitrogens is 1. The second-order valence-electron chi connectivity index (χ2n) is 8.95. The summed E-state index contributed by atoms with van der Waals surface area (Å²) in [5.41, 5.74) is 2.32. The molecule has 0 fully saturated rings. The number of hydrogen-bond acceptors (Lipinski definition) is 6. The fourth-order valence-electron chi connectivity index (χ4n) is 4.44. The van der Waals surface area contributed by atoms with Crippen molar-refractivity contribution in [2.75, 3.05) is 6.61 Å². The Hall–Kier alpha value is -3.72. The van der Waals surface area contributed by atoms with Crippen molar-refractivity contribution in [1.82, 2.24) is 4.57 Å². The molecule has 0 unspecified atom stereocenters. The first-order chi connectivity index (χ1) is 19.2. The third kappa shape index (κ3) is 5.75. The summed E-state index contributed by atoms with van der Waals surface area (Å²) in [6, 6.07) is 17.3. The van der Waals surface area contributed by atoms with Crippen molar-refractivity contribution in [3.8, 4) is 5.75 Å². The fourth-order valence-corrected chi connectivity index (χ4v) is 5.88. The lowest BCUT2D eigenvalue weighted by Crippen LogP contribution is -2.39. The highest BCUT2D eigenvalue weighted by Crippen LogP contribution is 2.31. The number of ether oxygens (including phenoxy) is 2. The Morgan fingerprint density at radius 3 is 2.58 bits per heavy atom. The maximum Gasteiger partial charge on any atom is 0.338 e. The molecule has 204 valence electrons. The van der Waals surface area contributed by atoms with Crippen LogP contribution in [0.25, 0.3) is 6.08 Å². The summed E-state index contributed by atoms with van der Waals surface area (Å²) < 4.78 is 26.9. The summed E-state index contributed by atoms with van der Waals surface area (Å²) in [6.07, 6.45) is 1.69. The second-order valence-corrected chi connectivity index (χ2v) is 10.8. The van der Waals surface area contributed by atoms with E-state index in [1.165, 1.54) is 28.0 Å². The smallest absolute Gasteiger partial charge is 0.338 e. The van der Waals surface area contributed by atoms with Crippen LogP contribution in [0.1, 0.15) is 36.6 Å². The Bertz CT molecular complexity index is 1810. The molecule has 0 N–H and O–H groups in total. The molecule has 1 atom stereocenters. The van der Waals surface area contributed by atoms with Crippen molar-refractivity contribution in [3.63, 3.8) is 0 Å². The lowest BCUT2D eigenvalue weighted by Gasteiger charge is -2.24. The average Bonchev–Trinajstić information content (AvgIpc) is 3.22. The van der Waals surface area contributed by atoms with Crippen molar-refractivity contribution in [3.05, 3.63) is 130 Å². The van der Waals surface area contributed by atoms with E-state index in [9.17, 15) is 14.0 Å². The summed E-state index contributed by atoms with van der Waals surface area (Å²) in [4.78, 5) is 31.8. The predicted octanol–water partition coefficient (Wildman–Crippen LogP) is 5.82. The van der Waals surface area contributed by atoms with Crippen LogP contribution in [-0.4, -0.2) is 17.1 Å². The van der Waals surface area contributed by atoms with Gasteiger partial charge in [-0.15, -0.1) is 0 Å². The Kier molecular flexibility index (Phi) is 8.21. The first-order valence-corrected chi connectivity index (χ1v) is 13.9. The van der Waals surface area contributed by atoms with Crippen LogP contribution in [0.15, 0.2) is 87.8 Å². The number of halogens is 3. The largest absolute Gasteiger partial charge is 0.488 e. The Labute approximate surface area is 243 Å². The van der Waals surface area contributed by atoms with E-state index in [1.807, 2.05) is 18.2 Å². The first kappa shape index (κ1) is 27.8. The van der Waals surface area contributed by atoms with E-state index >= 15 is 0 Å². The van der Waals surface area contributed by atoms with Crippen LogP contribution in [0.2, 0.25) is 10.0 Å². The Morgan fingerprint density at radius 2 is 1.85 bits per heavy atom. The highest BCUT2D eigenvalue weighted by molar-refractivity contribution is 7.07. The SMILES string of the molecule is CCOC(=O)C1=C(C)N=c2s/c(=C\c3cc(Cl)ccc3OCc3cccc(Cl)c3)c(=O)n2[C@@H]1c1ccc(F)cc1. The fraction of sp³-hybridized carbons (Fsp3) is 0.167. The van der Waals surface area contributed by atoms with E-state index in [-0.39, 0.29) is 24.3 Å². The number of thiazole rings is 1. The zero-order valence-electron chi connectivity index (χ0n) is 21.5. The van der Waals surface area contributed by atoms with Crippen molar-refractivity contribution in [1.29, 1.82) is 0 Å². The van der Waals surface area contributed by atoms with Crippen LogP contribution in [0.5, 0.6) is 5.75 Å². The molecule has 0 aliphatic carbocycles. The molecule has 5 rings (SSSR count). The van der Waals surface area contributed by atoms with E-state index in [0.29, 0.717) is 42.0 Å². The number of hydrogen-bond donors (Lipinski definition) is 0. The molecule has 1 aromatic heterocycles. The predicted molar refractivity (Wildman–Crippen MR) is 154 cm³/mol. The molecule has 1 aliphatic heterocycles. The maximum absolute atomic E-state index is 13.9. The van der Waals surface area contributed by atoms with Gasteiger partial charge in [-0.1, -0.05) is 58.8 Å².